The summed E-state index contributed by atoms with van der Waals surface area (Å²) in [4.78, 5) is 48.4. The van der Waals surface area contributed by atoms with Gasteiger partial charge in [0, 0.05) is 5.92 Å². The van der Waals surface area contributed by atoms with Crippen LogP contribution in [0.5, 0.6) is 0 Å². The van der Waals surface area contributed by atoms with Gasteiger partial charge in [0.15, 0.2) is 5.41 Å². The Morgan fingerprint density at radius 3 is 1.77 bits per heavy atom. The highest BCUT2D eigenvalue weighted by molar-refractivity contribution is 6.08. The third-order valence-electron chi connectivity index (χ3n) is 6.60. The minimum Gasteiger partial charge on any atom is -0.480 e. The molecule has 8 nitrogen and oxygen atoms in total. The Morgan fingerprint density at radius 1 is 0.903 bits per heavy atom. The smallest absolute Gasteiger partial charge is 0.322 e. The normalized spacial score (nSPS) is 22.5. The maximum absolute atomic E-state index is 13.0. The number of hydrogen-bond donors (Lipinski definition) is 4. The van der Waals surface area contributed by atoms with Gasteiger partial charge in [-0.1, -0.05) is 60.7 Å². The number of imide groups is 1. The lowest BCUT2D eigenvalue weighted by Crippen LogP contribution is -2.63. The first-order valence-corrected chi connectivity index (χ1v) is 9.99. The van der Waals surface area contributed by atoms with Crippen molar-refractivity contribution >= 4 is 23.9 Å². The predicted molar refractivity (Wildman–Crippen MR) is 109 cm³/mol. The average molecular weight is 422 g/mol. The first-order chi connectivity index (χ1) is 14.8. The number of carboxylic acid groups (broad SMARTS) is 2. The van der Waals surface area contributed by atoms with Crippen LogP contribution in [-0.2, 0) is 14.4 Å². The molecule has 4 N–H and O–H groups in total. The van der Waals surface area contributed by atoms with E-state index in [1.807, 2.05) is 60.7 Å². The van der Waals surface area contributed by atoms with Crippen molar-refractivity contribution in [2.24, 2.45) is 11.3 Å². The van der Waals surface area contributed by atoms with E-state index >= 15 is 0 Å². The molecule has 1 saturated carbocycles. The van der Waals surface area contributed by atoms with Crippen LogP contribution in [0, 0.1) is 11.3 Å². The topological polar surface area (TPSA) is 133 Å². The summed E-state index contributed by atoms with van der Waals surface area (Å²) < 4.78 is 0. The third-order valence-corrected chi connectivity index (χ3v) is 6.60. The van der Waals surface area contributed by atoms with Gasteiger partial charge in [-0.15, -0.1) is 0 Å². The highest BCUT2D eigenvalue weighted by atomic mass is 16.4. The zero-order valence-corrected chi connectivity index (χ0v) is 16.6. The van der Waals surface area contributed by atoms with Gasteiger partial charge in [0.05, 0.1) is 0 Å². The van der Waals surface area contributed by atoms with Crippen LogP contribution in [-0.4, -0.2) is 39.6 Å². The summed E-state index contributed by atoms with van der Waals surface area (Å²) in [6, 6.07) is 18.4. The number of urea groups is 1. The summed E-state index contributed by atoms with van der Waals surface area (Å²) >= 11 is 0. The van der Waals surface area contributed by atoms with Crippen molar-refractivity contribution in [1.29, 1.82) is 0 Å². The summed E-state index contributed by atoms with van der Waals surface area (Å²) in [6.07, 6.45) is -0.290. The molecule has 31 heavy (non-hydrogen) atoms. The second-order valence-corrected chi connectivity index (χ2v) is 8.26. The summed E-state index contributed by atoms with van der Waals surface area (Å²) in [5, 5.41) is 24.0. The van der Waals surface area contributed by atoms with Crippen molar-refractivity contribution in [3.05, 3.63) is 71.8 Å². The van der Waals surface area contributed by atoms with E-state index in [0.717, 1.165) is 11.1 Å². The van der Waals surface area contributed by atoms with E-state index in [4.69, 9.17) is 0 Å². The number of aliphatic carboxylic acids is 2. The molecule has 0 aromatic heterocycles. The van der Waals surface area contributed by atoms with Gasteiger partial charge >= 0.3 is 18.0 Å². The van der Waals surface area contributed by atoms with Crippen LogP contribution < -0.4 is 10.6 Å². The Balaban J connectivity index is 1.73. The second kappa shape index (κ2) is 7.54. The molecule has 1 heterocycles. The van der Waals surface area contributed by atoms with Gasteiger partial charge in [0.2, 0.25) is 0 Å². The first kappa shape index (κ1) is 20.6. The van der Waals surface area contributed by atoms with Crippen LogP contribution in [0.15, 0.2) is 60.7 Å². The largest absolute Gasteiger partial charge is 0.480 e. The van der Waals surface area contributed by atoms with Gasteiger partial charge in [-0.3, -0.25) is 19.7 Å². The number of hydrogen-bond acceptors (Lipinski definition) is 4. The molecule has 160 valence electrons. The van der Waals surface area contributed by atoms with E-state index < -0.39 is 40.7 Å². The Morgan fingerprint density at radius 2 is 1.39 bits per heavy atom. The summed E-state index contributed by atoms with van der Waals surface area (Å²) in [7, 11) is 0. The molecular formula is C23H22N2O6. The molecule has 1 aliphatic carbocycles. The maximum Gasteiger partial charge on any atom is 0.322 e. The van der Waals surface area contributed by atoms with Gasteiger partial charge in [-0.2, -0.15) is 0 Å². The number of amides is 3. The van der Waals surface area contributed by atoms with Crippen molar-refractivity contribution in [2.75, 3.05) is 0 Å². The third kappa shape index (κ3) is 3.34. The Bertz CT molecular complexity index is 977. The fourth-order valence-electron chi connectivity index (χ4n) is 4.79. The Kier molecular flexibility index (Phi) is 5.00. The average Bonchev–Trinajstić information content (AvgIpc) is 2.99. The van der Waals surface area contributed by atoms with Gasteiger partial charge in [0.25, 0.3) is 5.91 Å². The van der Waals surface area contributed by atoms with Crippen molar-refractivity contribution in [3.63, 3.8) is 0 Å². The predicted octanol–water partition coefficient (Wildman–Crippen LogP) is 2.35. The quantitative estimate of drug-likeness (QED) is 0.400. The van der Waals surface area contributed by atoms with Crippen LogP contribution >= 0.6 is 0 Å². The zero-order chi connectivity index (χ0) is 22.2. The van der Waals surface area contributed by atoms with E-state index in [2.05, 4.69) is 10.6 Å². The lowest BCUT2D eigenvalue weighted by atomic mass is 9.54. The maximum atomic E-state index is 13.0. The number of carboxylic acids is 2. The Labute approximate surface area is 178 Å². The molecule has 4 rings (SSSR count). The molecule has 3 amide bonds. The monoisotopic (exact) mass is 422 g/mol. The molecule has 2 fully saturated rings. The van der Waals surface area contributed by atoms with Crippen LogP contribution in [0.3, 0.4) is 0 Å². The van der Waals surface area contributed by atoms with Gasteiger partial charge < -0.3 is 15.5 Å². The number of nitrogens with one attached hydrogen (secondary N) is 2. The van der Waals surface area contributed by atoms with E-state index in [9.17, 15) is 29.4 Å². The molecule has 1 saturated heterocycles. The lowest BCUT2D eigenvalue weighted by Gasteiger charge is -2.49. The molecule has 1 atom stereocenters. The van der Waals surface area contributed by atoms with Crippen molar-refractivity contribution in [1.82, 2.24) is 10.6 Å². The van der Waals surface area contributed by atoms with Gasteiger partial charge in [-0.05, 0) is 36.3 Å². The van der Waals surface area contributed by atoms with Crippen molar-refractivity contribution < 1.29 is 29.4 Å². The Hall–Kier alpha value is -3.68. The zero-order valence-electron chi connectivity index (χ0n) is 16.6. The van der Waals surface area contributed by atoms with E-state index in [0.29, 0.717) is 0 Å². The summed E-state index contributed by atoms with van der Waals surface area (Å²) in [5.41, 5.74) is -1.48. The molecule has 2 aromatic carbocycles. The molecule has 0 spiro atoms. The fourth-order valence-corrected chi connectivity index (χ4v) is 4.79. The lowest BCUT2D eigenvalue weighted by molar-refractivity contribution is -0.179. The number of rotatable bonds is 7. The molecule has 2 aliphatic rings. The molecule has 1 unspecified atom stereocenters. The van der Waals surface area contributed by atoms with E-state index in [-0.39, 0.29) is 25.2 Å². The van der Waals surface area contributed by atoms with Crippen LogP contribution in [0.4, 0.5) is 4.79 Å². The van der Waals surface area contributed by atoms with Gasteiger partial charge in [-0.25, -0.2) is 4.79 Å². The fraction of sp³-hybridized carbons (Fsp3) is 0.304. The van der Waals surface area contributed by atoms with Crippen LogP contribution in [0.2, 0.25) is 0 Å². The van der Waals surface area contributed by atoms with Crippen LogP contribution in [0.1, 0.15) is 36.3 Å². The molecule has 1 aliphatic heterocycles. The highest BCUT2D eigenvalue weighted by Gasteiger charge is 2.66. The number of carbonyl (C=O) groups is 4. The summed E-state index contributed by atoms with van der Waals surface area (Å²) in [6.45, 7) is 0. The number of benzene rings is 2. The minimum atomic E-state index is -1.94. The standard InChI is InChI=1S/C23H22N2O6/c26-18-23(25-21(31)24-18,16-11-22(12-16,19(27)28)20(29)30)13-17(14-7-3-1-4-8-14)15-9-5-2-6-10-15/h1-10,16-17H,11-13H2,(H,27,28)(H,29,30)(H2,24,25,26,31). The second-order valence-electron chi connectivity index (χ2n) is 8.26. The summed E-state index contributed by atoms with van der Waals surface area (Å²) in [5.74, 6) is -4.31. The van der Waals surface area contributed by atoms with E-state index in [1.165, 1.54) is 0 Å². The van der Waals surface area contributed by atoms with Gasteiger partial charge in [0.1, 0.15) is 5.54 Å². The SMILES string of the molecule is O=C1NC(=O)C(CC(c2ccccc2)c2ccccc2)(C2CC(C(=O)O)(C(=O)O)C2)N1. The molecule has 8 heteroatoms. The van der Waals surface area contributed by atoms with E-state index in [1.54, 1.807) is 0 Å². The molecule has 0 bridgehead atoms. The van der Waals surface area contributed by atoms with Crippen LogP contribution in [0.25, 0.3) is 0 Å². The number of carbonyl (C=O) groups excluding carboxylic acids is 2. The minimum absolute atomic E-state index is 0.179. The first-order valence-electron chi connectivity index (χ1n) is 9.99. The molecular weight excluding hydrogens is 400 g/mol. The van der Waals surface area contributed by atoms with Crippen molar-refractivity contribution in [3.8, 4) is 0 Å². The van der Waals surface area contributed by atoms with Crippen molar-refractivity contribution in [2.45, 2.75) is 30.7 Å². The highest BCUT2D eigenvalue weighted by Crippen LogP contribution is 2.54. The molecule has 2 aromatic rings. The molecule has 0 radical (unpaired) electrons.